The van der Waals surface area contributed by atoms with Crippen LogP contribution in [0, 0.1) is 0 Å². The van der Waals surface area contributed by atoms with Crippen molar-refractivity contribution in [3.05, 3.63) is 18.2 Å². The minimum Gasteiger partial charge on any atom is -0.497 e. The molecule has 0 bridgehead atoms. The molecule has 1 amide bonds. The van der Waals surface area contributed by atoms with Gasteiger partial charge in [0.1, 0.15) is 17.5 Å². The van der Waals surface area contributed by atoms with Crippen molar-refractivity contribution in [2.45, 2.75) is 45.7 Å². The lowest BCUT2D eigenvalue weighted by Gasteiger charge is -2.27. The number of amides is 1. The van der Waals surface area contributed by atoms with Crippen LogP contribution in [0.1, 0.15) is 34.1 Å². The molecule has 1 rings (SSSR count). The highest BCUT2D eigenvalue weighted by Crippen LogP contribution is 2.29. The summed E-state index contributed by atoms with van der Waals surface area (Å²) < 4.78 is 10.5. The molecule has 2 N–H and O–H groups in total. The van der Waals surface area contributed by atoms with Crippen LogP contribution in [0.5, 0.6) is 11.5 Å². The first-order chi connectivity index (χ1) is 9.82. The van der Waals surface area contributed by atoms with E-state index in [1.54, 1.807) is 20.3 Å². The second-order valence-corrected chi connectivity index (χ2v) is 5.66. The number of ether oxygens (including phenoxy) is 2. The van der Waals surface area contributed by atoms with E-state index in [4.69, 9.17) is 9.47 Å². The van der Waals surface area contributed by atoms with Gasteiger partial charge in [-0.05, 0) is 39.3 Å². The highest BCUT2D eigenvalue weighted by molar-refractivity contribution is 5.85. The molecule has 0 saturated carbocycles. The number of benzene rings is 1. The molecular formula is C16H26N2O3. The Bertz CT molecular complexity index is 486. The summed E-state index contributed by atoms with van der Waals surface area (Å²) >= 11 is 0. The fraction of sp³-hybridized carbons (Fsp3) is 0.562. The molecule has 0 heterocycles. The summed E-state index contributed by atoms with van der Waals surface area (Å²) in [6, 6.07) is 5.08. The maximum atomic E-state index is 12.2. The van der Waals surface area contributed by atoms with Crippen LogP contribution in [0.4, 0.5) is 5.69 Å². The van der Waals surface area contributed by atoms with Gasteiger partial charge in [0.25, 0.3) is 0 Å². The first-order valence-corrected chi connectivity index (χ1v) is 7.13. The lowest BCUT2D eigenvalue weighted by Crippen LogP contribution is -2.48. The van der Waals surface area contributed by atoms with Gasteiger partial charge < -0.3 is 20.1 Å². The van der Waals surface area contributed by atoms with Crippen LogP contribution in [0.2, 0.25) is 0 Å². The highest BCUT2D eigenvalue weighted by Gasteiger charge is 2.22. The van der Waals surface area contributed by atoms with E-state index in [0.717, 1.165) is 12.1 Å². The third kappa shape index (κ3) is 4.85. The van der Waals surface area contributed by atoms with Gasteiger partial charge in [0.2, 0.25) is 5.91 Å². The zero-order chi connectivity index (χ0) is 16.0. The van der Waals surface area contributed by atoms with Crippen molar-refractivity contribution in [3.63, 3.8) is 0 Å². The van der Waals surface area contributed by atoms with E-state index in [1.807, 2.05) is 39.8 Å². The number of carbonyl (C=O) groups excluding carboxylic acids is 1. The van der Waals surface area contributed by atoms with Crippen molar-refractivity contribution >= 4 is 11.6 Å². The number of nitrogens with one attached hydrogen (secondary N) is 2. The van der Waals surface area contributed by atoms with Crippen LogP contribution >= 0.6 is 0 Å². The topological polar surface area (TPSA) is 59.6 Å². The summed E-state index contributed by atoms with van der Waals surface area (Å²) in [7, 11) is 3.19. The Morgan fingerprint density at radius 3 is 2.48 bits per heavy atom. The maximum absolute atomic E-state index is 12.2. The normalized spacial score (nSPS) is 12.5. The monoisotopic (exact) mass is 294 g/mol. The Balaban J connectivity index is 2.78. The van der Waals surface area contributed by atoms with Gasteiger partial charge >= 0.3 is 0 Å². The first-order valence-electron chi connectivity index (χ1n) is 7.13. The molecular weight excluding hydrogens is 268 g/mol. The average Bonchev–Trinajstić information content (AvgIpc) is 2.47. The summed E-state index contributed by atoms with van der Waals surface area (Å²) in [6.45, 7) is 7.88. The lowest BCUT2D eigenvalue weighted by atomic mass is 10.0. The number of anilines is 1. The average molecular weight is 294 g/mol. The van der Waals surface area contributed by atoms with Crippen LogP contribution in [-0.2, 0) is 4.79 Å². The Morgan fingerprint density at radius 2 is 1.95 bits per heavy atom. The van der Waals surface area contributed by atoms with E-state index >= 15 is 0 Å². The van der Waals surface area contributed by atoms with E-state index < -0.39 is 0 Å². The molecule has 5 nitrogen and oxygen atoms in total. The van der Waals surface area contributed by atoms with Crippen LogP contribution in [0.15, 0.2) is 18.2 Å². The second-order valence-electron chi connectivity index (χ2n) is 5.66. The number of methoxy groups -OCH3 is 2. The molecule has 0 spiro atoms. The van der Waals surface area contributed by atoms with Crippen molar-refractivity contribution in [2.75, 3.05) is 19.5 Å². The summed E-state index contributed by atoms with van der Waals surface area (Å²) in [5.74, 6) is 1.31. The molecule has 0 saturated heterocycles. The smallest absolute Gasteiger partial charge is 0.242 e. The van der Waals surface area contributed by atoms with E-state index in [1.165, 1.54) is 0 Å². The van der Waals surface area contributed by atoms with Crippen molar-refractivity contribution in [1.82, 2.24) is 5.32 Å². The quantitative estimate of drug-likeness (QED) is 0.812. The van der Waals surface area contributed by atoms with Gasteiger partial charge in [-0.25, -0.2) is 0 Å². The standard InChI is InChI=1S/C16H26N2O3/c1-7-16(3,4)18-15(19)11(2)17-13-9-8-12(20-5)10-14(13)21-6/h8-11,17H,7H2,1-6H3,(H,18,19). The molecule has 21 heavy (non-hydrogen) atoms. The summed E-state index contributed by atoms with van der Waals surface area (Å²) in [4.78, 5) is 12.2. The van der Waals surface area contributed by atoms with E-state index in [0.29, 0.717) is 11.5 Å². The molecule has 5 heteroatoms. The zero-order valence-corrected chi connectivity index (χ0v) is 13.7. The predicted octanol–water partition coefficient (Wildman–Crippen LogP) is 2.81. The molecule has 1 aromatic carbocycles. The SMILES string of the molecule is CCC(C)(C)NC(=O)C(C)Nc1ccc(OC)cc1OC. The van der Waals surface area contributed by atoms with Gasteiger partial charge in [-0.1, -0.05) is 6.92 Å². The molecule has 0 aliphatic heterocycles. The molecule has 118 valence electrons. The number of carbonyl (C=O) groups is 1. The number of rotatable bonds is 7. The van der Waals surface area contributed by atoms with Crippen molar-refractivity contribution in [3.8, 4) is 11.5 Å². The van der Waals surface area contributed by atoms with Crippen LogP contribution in [0.3, 0.4) is 0 Å². The van der Waals surface area contributed by atoms with Crippen molar-refractivity contribution < 1.29 is 14.3 Å². The Kier molecular flexibility index (Phi) is 5.88. The third-order valence-corrected chi connectivity index (χ3v) is 3.52. The molecule has 0 aliphatic rings. The minimum atomic E-state index is -0.363. The Hall–Kier alpha value is -1.91. The summed E-state index contributed by atoms with van der Waals surface area (Å²) in [5.41, 5.74) is 0.548. The van der Waals surface area contributed by atoms with Crippen LogP contribution in [0.25, 0.3) is 0 Å². The fourth-order valence-electron chi connectivity index (χ4n) is 1.75. The zero-order valence-electron chi connectivity index (χ0n) is 13.7. The molecule has 1 atom stereocenters. The van der Waals surface area contributed by atoms with Crippen LogP contribution < -0.4 is 20.1 Å². The number of hydrogen-bond acceptors (Lipinski definition) is 4. The van der Waals surface area contributed by atoms with Gasteiger partial charge in [-0.3, -0.25) is 4.79 Å². The van der Waals surface area contributed by atoms with Crippen LogP contribution in [-0.4, -0.2) is 31.7 Å². The van der Waals surface area contributed by atoms with Gasteiger partial charge in [-0.2, -0.15) is 0 Å². The minimum absolute atomic E-state index is 0.0419. The predicted molar refractivity (Wildman–Crippen MR) is 85.1 cm³/mol. The Labute approximate surface area is 127 Å². The molecule has 1 aromatic rings. The van der Waals surface area contributed by atoms with Gasteiger partial charge in [0.15, 0.2) is 0 Å². The van der Waals surface area contributed by atoms with Crippen molar-refractivity contribution in [1.29, 1.82) is 0 Å². The Morgan fingerprint density at radius 1 is 1.29 bits per heavy atom. The molecule has 0 aliphatic carbocycles. The largest absolute Gasteiger partial charge is 0.497 e. The van der Waals surface area contributed by atoms with E-state index in [2.05, 4.69) is 10.6 Å². The maximum Gasteiger partial charge on any atom is 0.242 e. The second kappa shape index (κ2) is 7.20. The third-order valence-electron chi connectivity index (χ3n) is 3.52. The fourth-order valence-corrected chi connectivity index (χ4v) is 1.75. The first kappa shape index (κ1) is 17.1. The van der Waals surface area contributed by atoms with Gasteiger partial charge in [-0.15, -0.1) is 0 Å². The molecule has 1 unspecified atom stereocenters. The molecule has 0 fully saturated rings. The van der Waals surface area contributed by atoms with E-state index in [-0.39, 0.29) is 17.5 Å². The molecule has 0 radical (unpaired) electrons. The van der Waals surface area contributed by atoms with Gasteiger partial charge in [0, 0.05) is 11.6 Å². The van der Waals surface area contributed by atoms with E-state index in [9.17, 15) is 4.79 Å². The van der Waals surface area contributed by atoms with Gasteiger partial charge in [0.05, 0.1) is 19.9 Å². The number of hydrogen-bond donors (Lipinski definition) is 2. The lowest BCUT2D eigenvalue weighted by molar-refractivity contribution is -0.123. The highest BCUT2D eigenvalue weighted by atomic mass is 16.5. The molecule has 0 aromatic heterocycles. The van der Waals surface area contributed by atoms with Crippen molar-refractivity contribution in [2.24, 2.45) is 0 Å². The summed E-state index contributed by atoms with van der Waals surface area (Å²) in [5, 5.41) is 6.19. The summed E-state index contributed by atoms with van der Waals surface area (Å²) in [6.07, 6.45) is 0.872.